The van der Waals surface area contributed by atoms with Crippen LogP contribution in [-0.4, -0.2) is 46.4 Å². The summed E-state index contributed by atoms with van der Waals surface area (Å²) in [5.41, 5.74) is 1.65. The van der Waals surface area contributed by atoms with Crippen LogP contribution in [0.4, 0.5) is 0 Å². The number of likely N-dealkylation sites (N-methyl/N-ethyl adjacent to an activating group) is 1. The van der Waals surface area contributed by atoms with Crippen LogP contribution in [0.1, 0.15) is 45.6 Å². The summed E-state index contributed by atoms with van der Waals surface area (Å²) in [5, 5.41) is 0. The normalized spacial score (nSPS) is 22.1. The SMILES string of the molecule is CCC(C)(C)c1ccc(OCCCC[NH+]2CC[NH+](C)CC2)cc1. The Hall–Kier alpha value is -1.06. The molecule has 1 aromatic carbocycles. The van der Waals surface area contributed by atoms with E-state index in [9.17, 15) is 0 Å². The van der Waals surface area contributed by atoms with Crippen molar-refractivity contribution in [1.29, 1.82) is 0 Å². The van der Waals surface area contributed by atoms with Gasteiger partial charge in [0.15, 0.2) is 0 Å². The van der Waals surface area contributed by atoms with Gasteiger partial charge in [-0.25, -0.2) is 0 Å². The standard InChI is InChI=1S/C20H34N2O/c1-5-20(2,3)18-8-10-19(11-9-18)23-17-7-6-12-22-15-13-21(4)14-16-22/h8-11H,5-7,12-17H2,1-4H3/p+2. The molecule has 1 fully saturated rings. The number of nitrogens with one attached hydrogen (secondary N) is 2. The van der Waals surface area contributed by atoms with Crippen molar-refractivity contribution in [1.82, 2.24) is 0 Å². The molecule has 23 heavy (non-hydrogen) atoms. The van der Waals surface area contributed by atoms with Crippen LogP contribution < -0.4 is 14.5 Å². The third-order valence-corrected chi connectivity index (χ3v) is 5.52. The largest absolute Gasteiger partial charge is 0.494 e. The van der Waals surface area contributed by atoms with Crippen molar-refractivity contribution in [3.63, 3.8) is 0 Å². The third kappa shape index (κ3) is 5.82. The van der Waals surface area contributed by atoms with E-state index in [1.54, 1.807) is 9.80 Å². The number of quaternary nitrogens is 2. The van der Waals surface area contributed by atoms with Gasteiger partial charge in [0.2, 0.25) is 0 Å². The number of benzene rings is 1. The lowest BCUT2D eigenvalue weighted by molar-refractivity contribution is -1.00. The van der Waals surface area contributed by atoms with Crippen LogP contribution in [0.3, 0.4) is 0 Å². The first-order valence-corrected chi connectivity index (χ1v) is 9.39. The van der Waals surface area contributed by atoms with Crippen molar-refractivity contribution in [3.05, 3.63) is 29.8 Å². The zero-order valence-corrected chi connectivity index (χ0v) is 15.6. The van der Waals surface area contributed by atoms with Gasteiger partial charge in [0.05, 0.1) is 20.2 Å². The maximum Gasteiger partial charge on any atom is 0.127 e. The maximum absolute atomic E-state index is 5.90. The van der Waals surface area contributed by atoms with Crippen LogP contribution in [0.5, 0.6) is 5.75 Å². The molecule has 0 bridgehead atoms. The second kappa shape index (κ2) is 8.70. The maximum atomic E-state index is 5.90. The van der Waals surface area contributed by atoms with Gasteiger partial charge < -0.3 is 14.5 Å². The summed E-state index contributed by atoms with van der Waals surface area (Å²) < 4.78 is 5.90. The van der Waals surface area contributed by atoms with Gasteiger partial charge in [-0.15, -0.1) is 0 Å². The Morgan fingerprint density at radius 1 is 1.00 bits per heavy atom. The fourth-order valence-electron chi connectivity index (χ4n) is 3.15. The van der Waals surface area contributed by atoms with Gasteiger partial charge >= 0.3 is 0 Å². The number of hydrogen-bond donors (Lipinski definition) is 2. The molecule has 0 atom stereocenters. The minimum atomic E-state index is 0.255. The number of ether oxygens (including phenoxy) is 1. The van der Waals surface area contributed by atoms with Crippen LogP contribution in [0.25, 0.3) is 0 Å². The number of hydrogen-bond acceptors (Lipinski definition) is 1. The second-order valence-corrected chi connectivity index (χ2v) is 7.77. The van der Waals surface area contributed by atoms with Gasteiger partial charge in [-0.1, -0.05) is 32.9 Å². The summed E-state index contributed by atoms with van der Waals surface area (Å²) in [6, 6.07) is 8.69. The molecule has 0 radical (unpaired) electrons. The summed E-state index contributed by atoms with van der Waals surface area (Å²) >= 11 is 0. The number of unbranched alkanes of at least 4 members (excludes halogenated alkanes) is 1. The summed E-state index contributed by atoms with van der Waals surface area (Å²) in [6.07, 6.45) is 3.59. The lowest BCUT2D eigenvalue weighted by atomic mass is 9.82. The van der Waals surface area contributed by atoms with Crippen LogP contribution in [-0.2, 0) is 5.41 Å². The Balaban J connectivity index is 1.63. The Kier molecular flexibility index (Phi) is 6.91. The molecule has 0 saturated carbocycles. The van der Waals surface area contributed by atoms with Gasteiger partial charge in [-0.05, 0) is 42.4 Å². The van der Waals surface area contributed by atoms with Crippen LogP contribution >= 0.6 is 0 Å². The van der Waals surface area contributed by atoms with E-state index in [1.807, 2.05) is 0 Å². The molecular formula is C20H36N2O+2. The fourth-order valence-corrected chi connectivity index (χ4v) is 3.15. The molecule has 0 unspecified atom stereocenters. The number of piperazine rings is 1. The first-order valence-electron chi connectivity index (χ1n) is 9.39. The van der Waals surface area contributed by atoms with Gasteiger partial charge in [0.25, 0.3) is 0 Å². The predicted octanol–water partition coefficient (Wildman–Crippen LogP) is 0.946. The molecule has 0 aromatic heterocycles. The highest BCUT2D eigenvalue weighted by atomic mass is 16.5. The molecule has 2 N–H and O–H groups in total. The van der Waals surface area contributed by atoms with E-state index < -0.39 is 0 Å². The molecule has 3 heteroatoms. The molecule has 1 aliphatic rings. The molecule has 1 heterocycles. The summed E-state index contributed by atoms with van der Waals surface area (Å²) in [4.78, 5) is 3.47. The van der Waals surface area contributed by atoms with Crippen LogP contribution in [0.2, 0.25) is 0 Å². The minimum Gasteiger partial charge on any atom is -0.494 e. The monoisotopic (exact) mass is 320 g/mol. The van der Waals surface area contributed by atoms with E-state index in [0.717, 1.165) is 25.2 Å². The molecule has 2 rings (SSSR count). The van der Waals surface area contributed by atoms with Gasteiger partial charge in [0.1, 0.15) is 31.9 Å². The lowest BCUT2D eigenvalue weighted by Crippen LogP contribution is -3.27. The highest BCUT2D eigenvalue weighted by Gasteiger charge is 2.19. The Labute approximate surface area is 142 Å². The molecule has 0 spiro atoms. The molecule has 1 aliphatic heterocycles. The smallest absolute Gasteiger partial charge is 0.127 e. The van der Waals surface area contributed by atoms with Crippen molar-refractivity contribution >= 4 is 0 Å². The van der Waals surface area contributed by atoms with Crippen molar-refractivity contribution in [2.75, 3.05) is 46.4 Å². The molecule has 3 nitrogen and oxygen atoms in total. The zero-order chi connectivity index (χ0) is 16.7. The molecule has 0 aliphatic carbocycles. The van der Waals surface area contributed by atoms with E-state index in [2.05, 4.69) is 52.1 Å². The summed E-state index contributed by atoms with van der Waals surface area (Å²) in [7, 11) is 2.30. The first kappa shape index (κ1) is 18.3. The molecule has 130 valence electrons. The van der Waals surface area contributed by atoms with E-state index in [1.165, 1.54) is 44.7 Å². The molecular weight excluding hydrogens is 284 g/mol. The van der Waals surface area contributed by atoms with Gasteiger partial charge in [0, 0.05) is 0 Å². The lowest BCUT2D eigenvalue weighted by Gasteiger charge is -2.27. The average Bonchev–Trinajstić information content (AvgIpc) is 2.57. The average molecular weight is 321 g/mol. The summed E-state index contributed by atoms with van der Waals surface area (Å²) in [5.74, 6) is 1.01. The highest BCUT2D eigenvalue weighted by Crippen LogP contribution is 2.28. The van der Waals surface area contributed by atoms with Crippen molar-refractivity contribution in [2.24, 2.45) is 0 Å². The van der Waals surface area contributed by atoms with E-state index in [4.69, 9.17) is 4.74 Å². The van der Waals surface area contributed by atoms with Crippen LogP contribution in [0, 0.1) is 0 Å². The Morgan fingerprint density at radius 3 is 2.26 bits per heavy atom. The van der Waals surface area contributed by atoms with Crippen molar-refractivity contribution in [2.45, 2.75) is 45.4 Å². The topological polar surface area (TPSA) is 18.1 Å². The zero-order valence-electron chi connectivity index (χ0n) is 15.6. The minimum absolute atomic E-state index is 0.255. The quantitative estimate of drug-likeness (QED) is 0.683. The molecule has 1 aromatic rings. The Morgan fingerprint density at radius 2 is 1.65 bits per heavy atom. The van der Waals surface area contributed by atoms with Gasteiger partial charge in [-0.3, -0.25) is 0 Å². The third-order valence-electron chi connectivity index (χ3n) is 5.52. The van der Waals surface area contributed by atoms with E-state index in [-0.39, 0.29) is 5.41 Å². The number of rotatable bonds is 8. The molecule has 0 amide bonds. The van der Waals surface area contributed by atoms with E-state index in [0.29, 0.717) is 0 Å². The van der Waals surface area contributed by atoms with Crippen molar-refractivity contribution < 1.29 is 14.5 Å². The Bertz CT molecular complexity index is 447. The fraction of sp³-hybridized carbons (Fsp3) is 0.700. The van der Waals surface area contributed by atoms with Crippen LogP contribution in [0.15, 0.2) is 24.3 Å². The van der Waals surface area contributed by atoms with E-state index >= 15 is 0 Å². The predicted molar refractivity (Wildman–Crippen MR) is 96.7 cm³/mol. The van der Waals surface area contributed by atoms with Crippen molar-refractivity contribution in [3.8, 4) is 5.75 Å². The summed E-state index contributed by atoms with van der Waals surface area (Å²) in [6.45, 7) is 14.3. The van der Waals surface area contributed by atoms with Gasteiger partial charge in [-0.2, -0.15) is 0 Å². The second-order valence-electron chi connectivity index (χ2n) is 7.77. The first-order chi connectivity index (χ1) is 11.0. The molecule has 1 saturated heterocycles. The highest BCUT2D eigenvalue weighted by molar-refractivity contribution is 5.31.